The van der Waals surface area contributed by atoms with Crippen LogP contribution in [-0.4, -0.2) is 43.3 Å². The van der Waals surface area contributed by atoms with Crippen LogP contribution in [0, 0.1) is 0 Å². The first-order valence-corrected chi connectivity index (χ1v) is 11.3. The van der Waals surface area contributed by atoms with Gasteiger partial charge in [0.05, 0.1) is 7.11 Å². The molecule has 2 fully saturated rings. The molecule has 6 heteroatoms. The average Bonchev–Trinajstić information content (AvgIpc) is 2.82. The average molecular weight is 425 g/mol. The van der Waals surface area contributed by atoms with E-state index in [0.717, 1.165) is 37.7 Å². The number of likely N-dealkylation sites (tertiary alicyclic amines) is 1. The van der Waals surface area contributed by atoms with Crippen molar-refractivity contribution in [2.24, 2.45) is 0 Å². The number of hydrogen-bond acceptors (Lipinski definition) is 5. The number of amides is 1. The molecule has 1 heterocycles. The molecule has 0 radical (unpaired) electrons. The summed E-state index contributed by atoms with van der Waals surface area (Å²) in [5.41, 5.74) is 0.665. The molecule has 2 aliphatic rings. The molecular weight excluding hydrogens is 392 g/mol. The van der Waals surface area contributed by atoms with Gasteiger partial charge in [-0.3, -0.25) is 5.32 Å². The van der Waals surface area contributed by atoms with E-state index in [1.807, 2.05) is 24.3 Å². The summed E-state index contributed by atoms with van der Waals surface area (Å²) in [6.07, 6.45) is 8.77. The van der Waals surface area contributed by atoms with E-state index in [4.69, 9.17) is 14.2 Å². The molecule has 1 saturated heterocycles. The number of benzene rings is 2. The summed E-state index contributed by atoms with van der Waals surface area (Å²) in [6, 6.07) is 15.1. The Morgan fingerprint density at radius 2 is 1.45 bits per heavy atom. The van der Waals surface area contributed by atoms with Crippen LogP contribution in [-0.2, 0) is 0 Å². The van der Waals surface area contributed by atoms with Crippen molar-refractivity contribution in [3.8, 4) is 17.2 Å². The summed E-state index contributed by atoms with van der Waals surface area (Å²) in [5, 5.41) is 2.74. The van der Waals surface area contributed by atoms with E-state index < -0.39 is 6.09 Å². The molecule has 2 aromatic rings. The van der Waals surface area contributed by atoms with Crippen LogP contribution < -0.4 is 19.5 Å². The fourth-order valence-electron chi connectivity index (χ4n) is 4.51. The Labute approximate surface area is 184 Å². The van der Waals surface area contributed by atoms with Gasteiger partial charge in [0.15, 0.2) is 0 Å². The van der Waals surface area contributed by atoms with E-state index in [1.165, 1.54) is 32.1 Å². The largest absolute Gasteiger partial charge is 0.497 e. The zero-order valence-electron chi connectivity index (χ0n) is 18.2. The molecule has 0 atom stereocenters. The maximum Gasteiger partial charge on any atom is 0.417 e. The lowest BCUT2D eigenvalue weighted by Crippen LogP contribution is -2.44. The first kappa shape index (κ1) is 21.5. The fourth-order valence-corrected chi connectivity index (χ4v) is 4.51. The normalized spacial score (nSPS) is 18.4. The standard InChI is InChI=1S/C25H32N2O4/c1-29-21-11-13-23(14-12-21)31-25(28)26-19-7-9-22(10-8-19)30-24-15-17-27(18-16-24)20-5-3-2-4-6-20/h7-14,20,24H,2-6,15-18H2,1H3,(H,26,28). The number of rotatable bonds is 6. The van der Waals surface area contributed by atoms with Crippen LogP contribution in [0.5, 0.6) is 17.2 Å². The number of hydrogen-bond donors (Lipinski definition) is 1. The van der Waals surface area contributed by atoms with E-state index in [0.29, 0.717) is 17.2 Å². The zero-order valence-corrected chi connectivity index (χ0v) is 18.2. The Bertz CT molecular complexity index is 824. The lowest BCUT2D eigenvalue weighted by molar-refractivity contribution is 0.0631. The maximum absolute atomic E-state index is 12.1. The van der Waals surface area contributed by atoms with E-state index in [2.05, 4.69) is 10.2 Å². The quantitative estimate of drug-likeness (QED) is 0.665. The molecule has 1 saturated carbocycles. The van der Waals surface area contributed by atoms with Crippen LogP contribution in [0.25, 0.3) is 0 Å². The summed E-state index contributed by atoms with van der Waals surface area (Å²) >= 11 is 0. The monoisotopic (exact) mass is 424 g/mol. The Morgan fingerprint density at radius 3 is 2.10 bits per heavy atom. The molecule has 0 unspecified atom stereocenters. The first-order valence-electron chi connectivity index (χ1n) is 11.3. The second-order valence-electron chi connectivity index (χ2n) is 8.36. The van der Waals surface area contributed by atoms with E-state index >= 15 is 0 Å². The Kier molecular flexibility index (Phi) is 7.30. The van der Waals surface area contributed by atoms with Crippen molar-refractivity contribution in [3.05, 3.63) is 48.5 Å². The van der Waals surface area contributed by atoms with Gasteiger partial charge in [0, 0.05) is 24.8 Å². The van der Waals surface area contributed by atoms with Gasteiger partial charge in [-0.05, 0) is 74.2 Å². The lowest BCUT2D eigenvalue weighted by atomic mass is 9.92. The number of nitrogens with one attached hydrogen (secondary N) is 1. The van der Waals surface area contributed by atoms with Crippen molar-refractivity contribution in [2.45, 2.75) is 57.1 Å². The minimum Gasteiger partial charge on any atom is -0.497 e. The van der Waals surface area contributed by atoms with Crippen molar-refractivity contribution in [1.82, 2.24) is 4.90 Å². The molecule has 6 nitrogen and oxygen atoms in total. The molecule has 1 amide bonds. The third kappa shape index (κ3) is 6.14. The minimum absolute atomic E-state index is 0.263. The number of methoxy groups -OCH3 is 1. The van der Waals surface area contributed by atoms with Crippen molar-refractivity contribution in [3.63, 3.8) is 0 Å². The number of nitrogens with zero attached hydrogens (tertiary/aromatic N) is 1. The van der Waals surface area contributed by atoms with Gasteiger partial charge in [-0.2, -0.15) is 0 Å². The predicted octanol–water partition coefficient (Wildman–Crippen LogP) is 5.48. The topological polar surface area (TPSA) is 60.0 Å². The summed E-state index contributed by atoms with van der Waals surface area (Å²) in [5.74, 6) is 2.01. The van der Waals surface area contributed by atoms with Gasteiger partial charge in [-0.1, -0.05) is 19.3 Å². The number of carbonyl (C=O) groups excluding carboxylic acids is 1. The van der Waals surface area contributed by atoms with Crippen molar-refractivity contribution < 1.29 is 19.0 Å². The van der Waals surface area contributed by atoms with Gasteiger partial charge in [0.1, 0.15) is 23.4 Å². The summed E-state index contributed by atoms with van der Waals surface area (Å²) in [4.78, 5) is 14.8. The SMILES string of the molecule is COc1ccc(OC(=O)Nc2ccc(OC3CCN(C4CCCCC4)CC3)cc2)cc1. The summed E-state index contributed by atoms with van der Waals surface area (Å²) < 4.78 is 16.6. The molecular formula is C25H32N2O4. The lowest BCUT2D eigenvalue weighted by Gasteiger charge is -2.39. The third-order valence-electron chi connectivity index (χ3n) is 6.24. The van der Waals surface area contributed by atoms with Gasteiger partial charge >= 0.3 is 6.09 Å². The number of ether oxygens (including phenoxy) is 3. The number of piperidine rings is 1. The van der Waals surface area contributed by atoms with Crippen LogP contribution >= 0.6 is 0 Å². The molecule has 1 N–H and O–H groups in total. The highest BCUT2D eigenvalue weighted by molar-refractivity contribution is 5.86. The number of anilines is 1. The second kappa shape index (κ2) is 10.5. The van der Waals surface area contributed by atoms with Crippen LogP contribution in [0.15, 0.2) is 48.5 Å². The molecule has 2 aromatic carbocycles. The van der Waals surface area contributed by atoms with Gasteiger partial charge in [0.2, 0.25) is 0 Å². The van der Waals surface area contributed by atoms with Crippen LogP contribution in [0.3, 0.4) is 0 Å². The number of carbonyl (C=O) groups is 1. The van der Waals surface area contributed by atoms with Crippen LogP contribution in [0.1, 0.15) is 44.9 Å². The second-order valence-corrected chi connectivity index (χ2v) is 8.36. The highest BCUT2D eigenvalue weighted by atomic mass is 16.6. The fraction of sp³-hybridized carbons (Fsp3) is 0.480. The van der Waals surface area contributed by atoms with Crippen molar-refractivity contribution in [2.75, 3.05) is 25.5 Å². The molecule has 1 aliphatic heterocycles. The summed E-state index contributed by atoms with van der Waals surface area (Å²) in [6.45, 7) is 2.26. The van der Waals surface area contributed by atoms with Crippen LogP contribution in [0.2, 0.25) is 0 Å². The van der Waals surface area contributed by atoms with Gasteiger partial charge in [-0.25, -0.2) is 4.79 Å². The molecule has 1 aliphatic carbocycles. The maximum atomic E-state index is 12.1. The highest BCUT2D eigenvalue weighted by Crippen LogP contribution is 2.27. The highest BCUT2D eigenvalue weighted by Gasteiger charge is 2.26. The Hall–Kier alpha value is -2.73. The van der Waals surface area contributed by atoms with E-state index in [1.54, 1.807) is 31.4 Å². The van der Waals surface area contributed by atoms with Crippen molar-refractivity contribution >= 4 is 11.8 Å². The predicted molar refractivity (Wildman–Crippen MR) is 121 cm³/mol. The van der Waals surface area contributed by atoms with Gasteiger partial charge in [-0.15, -0.1) is 0 Å². The molecule has 0 bridgehead atoms. The first-order chi connectivity index (χ1) is 15.2. The third-order valence-corrected chi connectivity index (χ3v) is 6.24. The smallest absolute Gasteiger partial charge is 0.417 e. The van der Waals surface area contributed by atoms with E-state index in [9.17, 15) is 4.79 Å². The van der Waals surface area contributed by atoms with Crippen LogP contribution in [0.4, 0.5) is 10.5 Å². The molecule has 0 spiro atoms. The Morgan fingerprint density at radius 1 is 0.839 bits per heavy atom. The molecule has 4 rings (SSSR count). The summed E-state index contributed by atoms with van der Waals surface area (Å²) in [7, 11) is 1.59. The molecule has 166 valence electrons. The van der Waals surface area contributed by atoms with Gasteiger partial charge in [0.25, 0.3) is 0 Å². The minimum atomic E-state index is -0.533. The van der Waals surface area contributed by atoms with E-state index in [-0.39, 0.29) is 6.10 Å². The Balaban J connectivity index is 1.21. The van der Waals surface area contributed by atoms with Crippen molar-refractivity contribution in [1.29, 1.82) is 0 Å². The molecule has 0 aromatic heterocycles. The molecule has 31 heavy (non-hydrogen) atoms. The van der Waals surface area contributed by atoms with Gasteiger partial charge < -0.3 is 19.1 Å². The zero-order chi connectivity index (χ0) is 21.5.